The van der Waals surface area contributed by atoms with E-state index in [-0.39, 0.29) is 5.91 Å². The van der Waals surface area contributed by atoms with Crippen molar-refractivity contribution in [3.8, 4) is 5.75 Å². The third-order valence-electron chi connectivity index (χ3n) is 3.58. The molecule has 0 N–H and O–H groups in total. The quantitative estimate of drug-likeness (QED) is 0.818. The predicted octanol–water partition coefficient (Wildman–Crippen LogP) is 2.61. The van der Waals surface area contributed by atoms with Crippen molar-refractivity contribution in [3.63, 3.8) is 0 Å². The van der Waals surface area contributed by atoms with E-state index in [1.54, 1.807) is 0 Å². The molecule has 0 spiro atoms. The molecule has 0 saturated carbocycles. The van der Waals surface area contributed by atoms with Gasteiger partial charge in [-0.2, -0.15) is 0 Å². The second-order valence-corrected chi connectivity index (χ2v) is 5.03. The Morgan fingerprint density at radius 2 is 1.89 bits per heavy atom. The average Bonchev–Trinajstić information content (AvgIpc) is 2.72. The zero-order valence-corrected chi connectivity index (χ0v) is 11.5. The molecule has 0 unspecified atom stereocenters. The van der Waals surface area contributed by atoms with Gasteiger partial charge in [0.25, 0.3) is 0 Å². The van der Waals surface area contributed by atoms with E-state index in [9.17, 15) is 4.79 Å². The van der Waals surface area contributed by atoms with Gasteiger partial charge in [-0.05, 0) is 49.9 Å². The van der Waals surface area contributed by atoms with E-state index in [0.717, 1.165) is 24.3 Å². The van der Waals surface area contributed by atoms with Gasteiger partial charge in [0.15, 0.2) is 0 Å². The molecule has 1 amide bonds. The van der Waals surface area contributed by atoms with Crippen LogP contribution in [0.3, 0.4) is 0 Å². The summed E-state index contributed by atoms with van der Waals surface area (Å²) in [7, 11) is 0. The van der Waals surface area contributed by atoms with Crippen molar-refractivity contribution in [2.45, 2.75) is 33.6 Å². The van der Waals surface area contributed by atoms with E-state index in [1.807, 2.05) is 4.90 Å². The fourth-order valence-electron chi connectivity index (χ4n) is 2.30. The number of carbonyl (C=O) groups excluding carboxylic acids is 1. The molecule has 3 heteroatoms. The highest BCUT2D eigenvalue weighted by molar-refractivity contribution is 5.78. The molecule has 18 heavy (non-hydrogen) atoms. The molecule has 0 aliphatic carbocycles. The third-order valence-corrected chi connectivity index (χ3v) is 3.58. The molecule has 3 nitrogen and oxygen atoms in total. The number of carbonyl (C=O) groups is 1. The van der Waals surface area contributed by atoms with Crippen LogP contribution < -0.4 is 4.74 Å². The lowest BCUT2D eigenvalue weighted by Crippen LogP contribution is -2.29. The first-order chi connectivity index (χ1) is 8.58. The maximum Gasteiger partial charge on any atom is 0.222 e. The van der Waals surface area contributed by atoms with Gasteiger partial charge in [0.1, 0.15) is 12.4 Å². The second-order valence-electron chi connectivity index (χ2n) is 5.03. The van der Waals surface area contributed by atoms with Gasteiger partial charge in [0, 0.05) is 13.0 Å². The first-order valence-electron chi connectivity index (χ1n) is 6.56. The molecular weight excluding hydrogens is 226 g/mol. The number of likely N-dealkylation sites (tertiary alicyclic amines) is 1. The van der Waals surface area contributed by atoms with Crippen LogP contribution in [-0.4, -0.2) is 30.5 Å². The van der Waals surface area contributed by atoms with E-state index >= 15 is 0 Å². The molecular formula is C15H21NO2. The SMILES string of the molecule is Cc1cc(C)c(OCCN2CCCC2=O)cc1C. The minimum Gasteiger partial charge on any atom is -0.491 e. The number of hydrogen-bond donors (Lipinski definition) is 0. The monoisotopic (exact) mass is 247 g/mol. The molecule has 1 aromatic rings. The van der Waals surface area contributed by atoms with Gasteiger partial charge in [0.2, 0.25) is 5.91 Å². The summed E-state index contributed by atoms with van der Waals surface area (Å²) in [6.45, 7) is 8.41. The maximum absolute atomic E-state index is 11.5. The first-order valence-corrected chi connectivity index (χ1v) is 6.56. The van der Waals surface area contributed by atoms with Crippen LogP contribution in [-0.2, 0) is 4.79 Å². The van der Waals surface area contributed by atoms with Gasteiger partial charge in [0.05, 0.1) is 6.54 Å². The number of hydrogen-bond acceptors (Lipinski definition) is 2. The lowest BCUT2D eigenvalue weighted by molar-refractivity contribution is -0.128. The Bertz CT molecular complexity index is 454. The number of amides is 1. The molecule has 2 rings (SSSR count). The highest BCUT2D eigenvalue weighted by Gasteiger charge is 2.19. The van der Waals surface area contributed by atoms with E-state index < -0.39 is 0 Å². The molecule has 98 valence electrons. The Balaban J connectivity index is 1.90. The maximum atomic E-state index is 11.5. The molecule has 0 bridgehead atoms. The fourth-order valence-corrected chi connectivity index (χ4v) is 2.30. The minimum absolute atomic E-state index is 0.260. The first kappa shape index (κ1) is 12.9. The summed E-state index contributed by atoms with van der Waals surface area (Å²) in [6, 6.07) is 4.22. The normalized spacial score (nSPS) is 15.3. The lowest BCUT2D eigenvalue weighted by Gasteiger charge is -2.17. The Kier molecular flexibility index (Phi) is 3.90. The Labute approximate surface area is 109 Å². The summed E-state index contributed by atoms with van der Waals surface area (Å²) >= 11 is 0. The van der Waals surface area contributed by atoms with Gasteiger partial charge < -0.3 is 9.64 Å². The number of aryl methyl sites for hydroxylation is 3. The summed E-state index contributed by atoms with van der Waals surface area (Å²) in [5.41, 5.74) is 3.69. The lowest BCUT2D eigenvalue weighted by atomic mass is 10.1. The van der Waals surface area contributed by atoms with E-state index in [0.29, 0.717) is 19.6 Å². The number of rotatable bonds is 4. The number of ether oxygens (including phenoxy) is 1. The Morgan fingerprint density at radius 1 is 1.17 bits per heavy atom. The van der Waals surface area contributed by atoms with Crippen molar-refractivity contribution in [2.24, 2.45) is 0 Å². The van der Waals surface area contributed by atoms with Gasteiger partial charge in [-0.1, -0.05) is 6.07 Å². The molecule has 0 atom stereocenters. The molecule has 1 fully saturated rings. The Hall–Kier alpha value is -1.51. The minimum atomic E-state index is 0.260. The zero-order valence-electron chi connectivity index (χ0n) is 11.5. The highest BCUT2D eigenvalue weighted by atomic mass is 16.5. The van der Waals surface area contributed by atoms with Crippen LogP contribution in [0.1, 0.15) is 29.5 Å². The van der Waals surface area contributed by atoms with Crippen LogP contribution in [0.4, 0.5) is 0 Å². The van der Waals surface area contributed by atoms with E-state index in [4.69, 9.17) is 4.74 Å². The van der Waals surface area contributed by atoms with Gasteiger partial charge in [-0.15, -0.1) is 0 Å². The Morgan fingerprint density at radius 3 is 2.56 bits per heavy atom. The topological polar surface area (TPSA) is 29.5 Å². The van der Waals surface area contributed by atoms with Crippen molar-refractivity contribution in [1.82, 2.24) is 4.90 Å². The zero-order chi connectivity index (χ0) is 13.1. The average molecular weight is 247 g/mol. The highest BCUT2D eigenvalue weighted by Crippen LogP contribution is 2.22. The largest absolute Gasteiger partial charge is 0.491 e. The molecule has 0 radical (unpaired) electrons. The van der Waals surface area contributed by atoms with Crippen molar-refractivity contribution >= 4 is 5.91 Å². The summed E-state index contributed by atoms with van der Waals surface area (Å²) in [5.74, 6) is 1.19. The standard InChI is InChI=1S/C15H21NO2/c1-11-9-13(3)14(10-12(11)2)18-8-7-16-6-4-5-15(16)17/h9-10H,4-8H2,1-3H3. The summed E-state index contributed by atoms with van der Waals surface area (Å²) < 4.78 is 5.79. The molecule has 1 aliphatic heterocycles. The smallest absolute Gasteiger partial charge is 0.222 e. The predicted molar refractivity (Wildman–Crippen MR) is 72.0 cm³/mol. The summed E-state index contributed by atoms with van der Waals surface area (Å²) in [4.78, 5) is 13.3. The van der Waals surface area contributed by atoms with Crippen LogP contribution in [0.15, 0.2) is 12.1 Å². The van der Waals surface area contributed by atoms with Crippen LogP contribution in [0, 0.1) is 20.8 Å². The van der Waals surface area contributed by atoms with Crippen LogP contribution in [0.25, 0.3) is 0 Å². The molecule has 1 aliphatic rings. The van der Waals surface area contributed by atoms with E-state index in [1.165, 1.54) is 11.1 Å². The van der Waals surface area contributed by atoms with E-state index in [2.05, 4.69) is 32.9 Å². The summed E-state index contributed by atoms with van der Waals surface area (Å²) in [6.07, 6.45) is 1.68. The van der Waals surface area contributed by atoms with Crippen molar-refractivity contribution in [2.75, 3.05) is 19.7 Å². The number of benzene rings is 1. The van der Waals surface area contributed by atoms with Gasteiger partial charge in [-0.3, -0.25) is 4.79 Å². The molecule has 1 saturated heterocycles. The molecule has 1 aromatic carbocycles. The second kappa shape index (κ2) is 5.42. The molecule has 0 aromatic heterocycles. The van der Waals surface area contributed by atoms with Crippen LogP contribution in [0.2, 0.25) is 0 Å². The fraction of sp³-hybridized carbons (Fsp3) is 0.533. The third kappa shape index (κ3) is 2.84. The van der Waals surface area contributed by atoms with Crippen molar-refractivity contribution in [1.29, 1.82) is 0 Å². The van der Waals surface area contributed by atoms with Gasteiger partial charge >= 0.3 is 0 Å². The van der Waals surface area contributed by atoms with Crippen LogP contribution >= 0.6 is 0 Å². The number of nitrogens with zero attached hydrogens (tertiary/aromatic N) is 1. The van der Waals surface area contributed by atoms with Crippen molar-refractivity contribution in [3.05, 3.63) is 28.8 Å². The molecule has 1 heterocycles. The van der Waals surface area contributed by atoms with Gasteiger partial charge in [-0.25, -0.2) is 0 Å². The van der Waals surface area contributed by atoms with Crippen molar-refractivity contribution < 1.29 is 9.53 Å². The summed E-state index contributed by atoms with van der Waals surface area (Å²) in [5, 5.41) is 0. The van der Waals surface area contributed by atoms with Crippen LogP contribution in [0.5, 0.6) is 5.75 Å².